The molecule has 0 fully saturated rings. The number of amides is 1. The summed E-state index contributed by atoms with van der Waals surface area (Å²) in [6.07, 6.45) is 0. The number of carbonyl (C=O) groups excluding carboxylic acids is 1. The molecule has 0 bridgehead atoms. The Balaban J connectivity index is 2.36. The summed E-state index contributed by atoms with van der Waals surface area (Å²) in [6.45, 7) is 0. The van der Waals surface area contributed by atoms with Crippen molar-refractivity contribution in [2.24, 2.45) is 14.1 Å². The lowest BCUT2D eigenvalue weighted by Gasteiger charge is -2.10. The molecule has 0 aliphatic rings. The molecule has 1 amide bonds. The first kappa shape index (κ1) is 14.3. The fourth-order valence-corrected chi connectivity index (χ4v) is 1.91. The topological polar surface area (TPSA) is 73.1 Å². The molecule has 1 heterocycles. The van der Waals surface area contributed by atoms with Gasteiger partial charge in [-0.1, -0.05) is 15.9 Å². The number of aromatic nitrogens is 2. The molecule has 2 aromatic rings. The van der Waals surface area contributed by atoms with E-state index in [1.54, 1.807) is 24.3 Å². The highest BCUT2D eigenvalue weighted by atomic mass is 79.9. The third-order valence-electron chi connectivity index (χ3n) is 2.87. The van der Waals surface area contributed by atoms with E-state index in [2.05, 4.69) is 21.2 Å². The number of halogens is 1. The Hall–Kier alpha value is -2.15. The monoisotopic (exact) mass is 337 g/mol. The third kappa shape index (κ3) is 2.72. The number of nitrogens with zero attached hydrogens (tertiary/aromatic N) is 2. The van der Waals surface area contributed by atoms with E-state index in [9.17, 15) is 14.4 Å². The van der Waals surface area contributed by atoms with E-state index in [1.165, 1.54) is 24.7 Å². The summed E-state index contributed by atoms with van der Waals surface area (Å²) in [6, 6.07) is 7.95. The lowest BCUT2D eigenvalue weighted by atomic mass is 10.2. The minimum atomic E-state index is -0.497. The average molecular weight is 338 g/mol. The first-order chi connectivity index (χ1) is 9.40. The Bertz CT molecular complexity index is 775. The van der Waals surface area contributed by atoms with E-state index in [0.29, 0.717) is 5.56 Å². The van der Waals surface area contributed by atoms with Crippen molar-refractivity contribution in [1.29, 1.82) is 0 Å². The first-order valence-electron chi connectivity index (χ1n) is 5.74. The summed E-state index contributed by atoms with van der Waals surface area (Å²) in [5, 5.41) is 2.55. The Kier molecular flexibility index (Phi) is 3.89. The maximum absolute atomic E-state index is 12.0. The number of carbonyl (C=O) groups is 1. The van der Waals surface area contributed by atoms with E-state index in [4.69, 9.17) is 0 Å². The fourth-order valence-electron chi connectivity index (χ4n) is 1.64. The SMILES string of the molecule is Cn1c(NC(=O)c2ccc(Br)cc2)cc(=O)n(C)c1=O. The van der Waals surface area contributed by atoms with E-state index < -0.39 is 11.2 Å². The molecular formula is C13H12BrN3O3. The van der Waals surface area contributed by atoms with Gasteiger partial charge in [-0.05, 0) is 24.3 Å². The van der Waals surface area contributed by atoms with Gasteiger partial charge in [0.25, 0.3) is 11.5 Å². The summed E-state index contributed by atoms with van der Waals surface area (Å²) >= 11 is 3.28. The van der Waals surface area contributed by atoms with Gasteiger partial charge in [-0.15, -0.1) is 0 Å². The van der Waals surface area contributed by atoms with Crippen LogP contribution in [0.4, 0.5) is 5.82 Å². The maximum Gasteiger partial charge on any atom is 0.332 e. The van der Waals surface area contributed by atoms with E-state index in [0.717, 1.165) is 9.04 Å². The van der Waals surface area contributed by atoms with Gasteiger partial charge >= 0.3 is 5.69 Å². The zero-order valence-electron chi connectivity index (χ0n) is 10.9. The highest BCUT2D eigenvalue weighted by Crippen LogP contribution is 2.11. The second-order valence-electron chi connectivity index (χ2n) is 4.23. The number of rotatable bonds is 2. The lowest BCUT2D eigenvalue weighted by Crippen LogP contribution is -2.38. The molecular weight excluding hydrogens is 326 g/mol. The van der Waals surface area contributed by atoms with Crippen molar-refractivity contribution in [1.82, 2.24) is 9.13 Å². The Morgan fingerprint density at radius 2 is 1.70 bits per heavy atom. The van der Waals surface area contributed by atoms with Gasteiger partial charge in [0.05, 0.1) is 0 Å². The van der Waals surface area contributed by atoms with E-state index in [-0.39, 0.29) is 11.7 Å². The quantitative estimate of drug-likeness (QED) is 0.891. The van der Waals surface area contributed by atoms with Crippen LogP contribution in [-0.2, 0) is 14.1 Å². The normalized spacial score (nSPS) is 10.3. The predicted molar refractivity (Wildman–Crippen MR) is 79.0 cm³/mol. The molecule has 0 aliphatic carbocycles. The minimum Gasteiger partial charge on any atom is -0.308 e. The summed E-state index contributed by atoms with van der Waals surface area (Å²) in [4.78, 5) is 35.3. The Morgan fingerprint density at radius 3 is 2.30 bits per heavy atom. The summed E-state index contributed by atoms with van der Waals surface area (Å²) in [5.74, 6) is -0.230. The number of anilines is 1. The maximum atomic E-state index is 12.0. The molecule has 20 heavy (non-hydrogen) atoms. The molecule has 0 atom stereocenters. The van der Waals surface area contributed by atoms with Crippen molar-refractivity contribution in [3.63, 3.8) is 0 Å². The van der Waals surface area contributed by atoms with Gasteiger partial charge in [-0.2, -0.15) is 0 Å². The molecule has 0 radical (unpaired) electrons. The average Bonchev–Trinajstić information content (AvgIpc) is 2.43. The van der Waals surface area contributed by atoms with E-state index in [1.807, 2.05) is 0 Å². The summed E-state index contributed by atoms with van der Waals surface area (Å²) < 4.78 is 3.03. The fraction of sp³-hybridized carbons (Fsp3) is 0.154. The van der Waals surface area contributed by atoms with Gasteiger partial charge in [-0.3, -0.25) is 18.7 Å². The van der Waals surface area contributed by atoms with Gasteiger partial charge in [0.1, 0.15) is 5.82 Å². The molecule has 1 aromatic heterocycles. The Labute approximate surface area is 122 Å². The minimum absolute atomic E-state index is 0.158. The van der Waals surface area contributed by atoms with Crippen molar-refractivity contribution in [3.05, 3.63) is 61.2 Å². The Morgan fingerprint density at radius 1 is 1.10 bits per heavy atom. The lowest BCUT2D eigenvalue weighted by molar-refractivity contribution is 0.102. The molecule has 1 aromatic carbocycles. The predicted octanol–water partition coefficient (Wildman–Crippen LogP) is 1.10. The van der Waals surface area contributed by atoms with Crippen molar-refractivity contribution < 1.29 is 4.79 Å². The van der Waals surface area contributed by atoms with Crippen LogP contribution in [0, 0.1) is 0 Å². The molecule has 6 nitrogen and oxygen atoms in total. The van der Waals surface area contributed by atoms with Crippen LogP contribution in [0.3, 0.4) is 0 Å². The summed E-state index contributed by atoms with van der Waals surface area (Å²) in [5.41, 5.74) is -0.538. The number of nitrogens with one attached hydrogen (secondary N) is 1. The van der Waals surface area contributed by atoms with Crippen molar-refractivity contribution in [3.8, 4) is 0 Å². The van der Waals surface area contributed by atoms with Crippen molar-refractivity contribution in [2.45, 2.75) is 0 Å². The third-order valence-corrected chi connectivity index (χ3v) is 3.40. The van der Waals surface area contributed by atoms with Crippen LogP contribution < -0.4 is 16.6 Å². The largest absolute Gasteiger partial charge is 0.332 e. The van der Waals surface area contributed by atoms with Crippen LogP contribution in [0.15, 0.2) is 44.4 Å². The van der Waals surface area contributed by atoms with E-state index >= 15 is 0 Å². The van der Waals surface area contributed by atoms with Crippen LogP contribution in [-0.4, -0.2) is 15.0 Å². The highest BCUT2D eigenvalue weighted by Gasteiger charge is 2.10. The first-order valence-corrected chi connectivity index (χ1v) is 6.53. The molecule has 1 N–H and O–H groups in total. The van der Waals surface area contributed by atoms with Crippen LogP contribution in [0.25, 0.3) is 0 Å². The molecule has 0 spiro atoms. The van der Waals surface area contributed by atoms with Gasteiger partial charge in [0.2, 0.25) is 0 Å². The molecule has 0 aliphatic heterocycles. The number of hydrogen-bond acceptors (Lipinski definition) is 3. The van der Waals surface area contributed by atoms with Crippen LogP contribution in [0.5, 0.6) is 0 Å². The molecule has 7 heteroatoms. The molecule has 0 saturated carbocycles. The summed E-state index contributed by atoms with van der Waals surface area (Å²) in [7, 11) is 2.87. The van der Waals surface area contributed by atoms with Gasteiger partial charge in [0, 0.05) is 30.2 Å². The zero-order chi connectivity index (χ0) is 14.9. The smallest absolute Gasteiger partial charge is 0.308 e. The van der Waals surface area contributed by atoms with Gasteiger partial charge < -0.3 is 5.32 Å². The number of benzene rings is 1. The van der Waals surface area contributed by atoms with Crippen LogP contribution in [0.2, 0.25) is 0 Å². The highest BCUT2D eigenvalue weighted by molar-refractivity contribution is 9.10. The van der Waals surface area contributed by atoms with Crippen molar-refractivity contribution >= 4 is 27.7 Å². The van der Waals surface area contributed by atoms with Crippen molar-refractivity contribution in [2.75, 3.05) is 5.32 Å². The zero-order valence-corrected chi connectivity index (χ0v) is 12.5. The number of hydrogen-bond donors (Lipinski definition) is 1. The van der Waals surface area contributed by atoms with Crippen LogP contribution >= 0.6 is 15.9 Å². The van der Waals surface area contributed by atoms with Gasteiger partial charge in [-0.25, -0.2) is 4.79 Å². The second kappa shape index (κ2) is 5.46. The molecule has 104 valence electrons. The molecule has 0 unspecified atom stereocenters. The second-order valence-corrected chi connectivity index (χ2v) is 5.15. The van der Waals surface area contributed by atoms with Crippen LogP contribution in [0.1, 0.15) is 10.4 Å². The standard InChI is InChI=1S/C13H12BrN3O3/c1-16-10(7-11(18)17(2)13(16)20)15-12(19)8-3-5-9(14)6-4-8/h3-7H,1-2H3,(H,15,19). The molecule has 2 rings (SSSR count). The van der Waals surface area contributed by atoms with Gasteiger partial charge in [0.15, 0.2) is 0 Å². The molecule has 0 saturated heterocycles.